The highest BCUT2D eigenvalue weighted by atomic mass is 16.4. The van der Waals surface area contributed by atoms with Crippen LogP contribution in [0.4, 0.5) is 0 Å². The van der Waals surface area contributed by atoms with Crippen LogP contribution in [0.3, 0.4) is 0 Å². The van der Waals surface area contributed by atoms with Gasteiger partial charge >= 0.3 is 5.97 Å². The second-order valence-corrected chi connectivity index (χ2v) is 5.76. The summed E-state index contributed by atoms with van der Waals surface area (Å²) < 4.78 is 1.63. The van der Waals surface area contributed by atoms with Crippen LogP contribution >= 0.6 is 0 Å². The average Bonchev–Trinajstić information content (AvgIpc) is 2.99. The molecular weight excluding hydrogens is 304 g/mol. The Hall–Kier alpha value is -3.21. The van der Waals surface area contributed by atoms with Crippen LogP contribution in [-0.2, 0) is 6.54 Å². The number of fused-ring (bicyclic) bond motifs is 2. The maximum absolute atomic E-state index is 12.7. The van der Waals surface area contributed by atoms with E-state index in [0.29, 0.717) is 23.3 Å². The predicted molar refractivity (Wildman–Crippen MR) is 91.9 cm³/mol. The summed E-state index contributed by atoms with van der Waals surface area (Å²) in [5.41, 5.74) is 2.52. The Labute approximate surface area is 137 Å². The number of nitrogens with zero attached hydrogens (tertiary/aromatic N) is 2. The van der Waals surface area contributed by atoms with Crippen LogP contribution in [-0.4, -0.2) is 20.6 Å². The van der Waals surface area contributed by atoms with Crippen molar-refractivity contribution in [2.75, 3.05) is 0 Å². The molecule has 2 heterocycles. The molecule has 0 saturated heterocycles. The maximum atomic E-state index is 12.7. The van der Waals surface area contributed by atoms with Crippen molar-refractivity contribution in [2.45, 2.75) is 13.0 Å². The average molecular weight is 318 g/mol. The predicted octanol–water partition coefficient (Wildman–Crippen LogP) is 3.04. The van der Waals surface area contributed by atoms with Crippen LogP contribution in [0.25, 0.3) is 22.6 Å². The highest BCUT2D eigenvalue weighted by Crippen LogP contribution is 2.27. The Bertz CT molecular complexity index is 1050. The number of carboxylic acids is 1. The smallest absolute Gasteiger partial charge is 0.335 e. The molecule has 0 atom stereocenters. The highest BCUT2D eigenvalue weighted by Gasteiger charge is 2.21. The van der Waals surface area contributed by atoms with Gasteiger partial charge in [0, 0.05) is 6.54 Å². The molecule has 1 N–H and O–H groups in total. The number of aromatic nitrogens is 2. The van der Waals surface area contributed by atoms with Gasteiger partial charge in [0.1, 0.15) is 5.82 Å². The summed E-state index contributed by atoms with van der Waals surface area (Å²) in [6, 6.07) is 14.4. The Morgan fingerprint density at radius 2 is 1.96 bits per heavy atom. The summed E-state index contributed by atoms with van der Waals surface area (Å²) >= 11 is 0. The van der Waals surface area contributed by atoms with E-state index in [1.54, 1.807) is 10.6 Å². The van der Waals surface area contributed by atoms with Gasteiger partial charge < -0.3 is 5.11 Å². The van der Waals surface area contributed by atoms with Crippen molar-refractivity contribution >= 4 is 28.5 Å². The third kappa shape index (κ3) is 2.31. The van der Waals surface area contributed by atoms with Gasteiger partial charge in [-0.05, 0) is 41.8 Å². The first-order valence-electron chi connectivity index (χ1n) is 7.67. The zero-order valence-electron chi connectivity index (χ0n) is 12.8. The number of rotatable bonds is 2. The van der Waals surface area contributed by atoms with Gasteiger partial charge in [-0.3, -0.25) is 9.36 Å². The summed E-state index contributed by atoms with van der Waals surface area (Å²) in [6.45, 7) is 0.563. The van der Waals surface area contributed by atoms with Gasteiger partial charge in [-0.25, -0.2) is 9.78 Å². The Kier molecular flexibility index (Phi) is 3.27. The van der Waals surface area contributed by atoms with Crippen molar-refractivity contribution in [2.24, 2.45) is 0 Å². The molecule has 3 aromatic rings. The van der Waals surface area contributed by atoms with Gasteiger partial charge in [-0.2, -0.15) is 0 Å². The molecule has 5 heteroatoms. The quantitative estimate of drug-likeness (QED) is 0.788. The van der Waals surface area contributed by atoms with Crippen LogP contribution < -0.4 is 5.56 Å². The van der Waals surface area contributed by atoms with Gasteiger partial charge in [0.05, 0.1) is 16.5 Å². The normalized spacial score (nSPS) is 14.9. The molecule has 24 heavy (non-hydrogen) atoms. The van der Waals surface area contributed by atoms with Crippen molar-refractivity contribution in [3.8, 4) is 0 Å². The number of carboxylic acid groups (broad SMARTS) is 1. The van der Waals surface area contributed by atoms with E-state index in [9.17, 15) is 9.59 Å². The van der Waals surface area contributed by atoms with E-state index >= 15 is 0 Å². The van der Waals surface area contributed by atoms with Crippen molar-refractivity contribution in [3.05, 3.63) is 75.8 Å². The first-order valence-corrected chi connectivity index (χ1v) is 7.67. The van der Waals surface area contributed by atoms with E-state index in [-0.39, 0.29) is 11.1 Å². The van der Waals surface area contributed by atoms with E-state index < -0.39 is 5.97 Å². The second kappa shape index (κ2) is 5.45. The minimum absolute atomic E-state index is 0.0972. The molecule has 0 bridgehead atoms. The molecule has 0 radical (unpaired) electrons. The number of benzene rings is 2. The van der Waals surface area contributed by atoms with Gasteiger partial charge in [0.15, 0.2) is 0 Å². The third-order valence-electron chi connectivity index (χ3n) is 4.23. The summed E-state index contributed by atoms with van der Waals surface area (Å²) in [7, 11) is 0. The molecule has 0 amide bonds. The molecule has 1 aliphatic rings. The van der Waals surface area contributed by atoms with Crippen molar-refractivity contribution in [3.63, 3.8) is 0 Å². The maximum Gasteiger partial charge on any atom is 0.335 e. The molecule has 4 rings (SSSR count). The minimum atomic E-state index is -1.05. The number of aromatic carboxylic acids is 1. The van der Waals surface area contributed by atoms with Gasteiger partial charge in [0.2, 0.25) is 0 Å². The Morgan fingerprint density at radius 1 is 1.17 bits per heavy atom. The fraction of sp³-hybridized carbons (Fsp3) is 0.105. The van der Waals surface area contributed by atoms with E-state index in [2.05, 4.69) is 4.98 Å². The number of hydrogen-bond donors (Lipinski definition) is 1. The van der Waals surface area contributed by atoms with Crippen molar-refractivity contribution < 1.29 is 9.90 Å². The fourth-order valence-corrected chi connectivity index (χ4v) is 3.04. The zero-order valence-corrected chi connectivity index (χ0v) is 12.8. The molecule has 5 nitrogen and oxygen atoms in total. The molecule has 0 fully saturated rings. The van der Waals surface area contributed by atoms with Gasteiger partial charge in [-0.15, -0.1) is 0 Å². The molecule has 2 aromatic carbocycles. The monoisotopic (exact) mass is 318 g/mol. The lowest BCUT2D eigenvalue weighted by atomic mass is 10.1. The molecule has 0 aliphatic carbocycles. The largest absolute Gasteiger partial charge is 0.478 e. The molecule has 0 saturated carbocycles. The topological polar surface area (TPSA) is 72.2 Å². The zero-order chi connectivity index (χ0) is 16.7. The van der Waals surface area contributed by atoms with Crippen LogP contribution in [0.5, 0.6) is 0 Å². The summed E-state index contributed by atoms with van der Waals surface area (Å²) in [5, 5.41) is 9.44. The number of hydrogen-bond acceptors (Lipinski definition) is 3. The molecule has 118 valence electrons. The number of allylic oxidation sites excluding steroid dienone is 1. The van der Waals surface area contributed by atoms with Crippen LogP contribution in [0.15, 0.2) is 53.3 Å². The fourth-order valence-electron chi connectivity index (χ4n) is 3.04. The first-order chi connectivity index (χ1) is 11.6. The van der Waals surface area contributed by atoms with Crippen LogP contribution in [0.2, 0.25) is 0 Å². The summed E-state index contributed by atoms with van der Waals surface area (Å²) in [5.74, 6) is -0.383. The molecule has 1 aliphatic heterocycles. The molecule has 0 unspecified atom stereocenters. The molecule has 1 aromatic heterocycles. The standard InChI is InChI=1S/C19H14N2O3/c22-18-15-11-14(19(23)24)6-7-16(15)20-17-13(8-9-21(17)18)10-12-4-2-1-3-5-12/h1-7,10-11H,8-9H2,(H,23,24)/b13-10+. The summed E-state index contributed by atoms with van der Waals surface area (Å²) in [6.07, 6.45) is 2.78. The number of carbonyl (C=O) groups is 1. The van der Waals surface area contributed by atoms with Crippen LogP contribution in [0, 0.1) is 0 Å². The Balaban J connectivity index is 1.90. The lowest BCUT2D eigenvalue weighted by Crippen LogP contribution is -2.21. The van der Waals surface area contributed by atoms with Gasteiger partial charge in [-0.1, -0.05) is 30.3 Å². The lowest BCUT2D eigenvalue weighted by Gasteiger charge is -2.06. The summed E-state index contributed by atoms with van der Waals surface area (Å²) in [4.78, 5) is 28.4. The molecular formula is C19H14N2O3. The van der Waals surface area contributed by atoms with Gasteiger partial charge in [0.25, 0.3) is 5.56 Å². The Morgan fingerprint density at radius 3 is 2.71 bits per heavy atom. The van der Waals surface area contributed by atoms with E-state index in [1.165, 1.54) is 12.1 Å². The van der Waals surface area contributed by atoms with E-state index in [0.717, 1.165) is 17.6 Å². The third-order valence-corrected chi connectivity index (χ3v) is 4.23. The molecule has 0 spiro atoms. The minimum Gasteiger partial charge on any atom is -0.478 e. The van der Waals surface area contributed by atoms with Crippen molar-refractivity contribution in [1.82, 2.24) is 9.55 Å². The van der Waals surface area contributed by atoms with Crippen LogP contribution in [0.1, 0.15) is 28.2 Å². The SMILES string of the molecule is O=C(O)c1ccc2nc3n(c(=O)c2c1)CC/C3=C\c1ccccc1. The lowest BCUT2D eigenvalue weighted by molar-refractivity contribution is 0.0697. The van der Waals surface area contributed by atoms with E-state index in [4.69, 9.17) is 5.11 Å². The van der Waals surface area contributed by atoms with E-state index in [1.807, 2.05) is 36.4 Å². The van der Waals surface area contributed by atoms with Crippen molar-refractivity contribution in [1.29, 1.82) is 0 Å². The second-order valence-electron chi connectivity index (χ2n) is 5.76. The first kappa shape index (κ1) is 14.4. The highest BCUT2D eigenvalue weighted by molar-refractivity contribution is 5.93.